The lowest BCUT2D eigenvalue weighted by atomic mass is 10.1. The molecule has 0 fully saturated rings. The van der Waals surface area contributed by atoms with E-state index < -0.39 is 16.2 Å². The molecule has 14 heavy (non-hydrogen) atoms. The average molecular weight is 219 g/mol. The Labute approximate surface area is 86.0 Å². The van der Waals surface area contributed by atoms with Crippen molar-refractivity contribution in [3.63, 3.8) is 0 Å². The van der Waals surface area contributed by atoms with E-state index in [4.69, 9.17) is 5.73 Å². The molecule has 0 aromatic heterocycles. The van der Waals surface area contributed by atoms with Crippen molar-refractivity contribution in [3.05, 3.63) is 0 Å². The summed E-state index contributed by atoms with van der Waals surface area (Å²) in [6.07, 6.45) is 4.32. The van der Waals surface area contributed by atoms with E-state index in [0.717, 1.165) is 25.7 Å². The van der Waals surface area contributed by atoms with Crippen LogP contribution in [0.15, 0.2) is 0 Å². The Morgan fingerprint density at radius 1 is 1.21 bits per heavy atom. The molecule has 0 saturated carbocycles. The molecule has 0 aliphatic rings. The van der Waals surface area contributed by atoms with Crippen LogP contribution in [-0.4, -0.2) is 19.2 Å². The summed E-state index contributed by atoms with van der Waals surface area (Å²) in [6.45, 7) is 2.08. The summed E-state index contributed by atoms with van der Waals surface area (Å²) in [6, 6.07) is 0. The lowest BCUT2D eigenvalue weighted by Crippen LogP contribution is -2.16. The maximum atomic E-state index is 10.7. The van der Waals surface area contributed by atoms with Crippen molar-refractivity contribution in [1.82, 2.24) is 0 Å². The number of nitrogens with two attached hydrogens (primary N) is 1. The monoisotopic (exact) mass is 219 g/mol. The third-order valence-corrected chi connectivity index (χ3v) is 2.74. The van der Waals surface area contributed by atoms with Gasteiger partial charge in [0.1, 0.15) is 0 Å². The number of primary amides is 1. The molecule has 5 heteroatoms. The molecule has 4 nitrogen and oxygen atoms in total. The number of unbranched alkanes of at least 4 members (excludes halogenated alkanes) is 3. The predicted molar refractivity (Wildman–Crippen MR) is 56.5 cm³/mol. The Bertz CT molecular complexity index is 298. The third-order valence-electron chi connectivity index (χ3n) is 1.92. The highest BCUT2D eigenvalue weighted by Gasteiger charge is 2.05. The van der Waals surface area contributed by atoms with Gasteiger partial charge in [-0.2, -0.15) is 8.42 Å². The Morgan fingerprint density at radius 2 is 1.86 bits per heavy atom. The van der Waals surface area contributed by atoms with E-state index in [1.807, 2.05) is 0 Å². The summed E-state index contributed by atoms with van der Waals surface area (Å²) in [5.41, 5.74) is 4.93. The Kier molecular flexibility index (Phi) is 7.10. The summed E-state index contributed by atoms with van der Waals surface area (Å²) in [5, 5.41) is 0. The molecule has 1 amide bonds. The number of rotatable bonds is 7. The van der Waals surface area contributed by atoms with Gasteiger partial charge in [-0.1, -0.05) is 26.2 Å². The third kappa shape index (κ3) is 6.65. The second kappa shape index (κ2) is 7.55. The van der Waals surface area contributed by atoms with Gasteiger partial charge in [0.15, 0.2) is 0 Å². The standard InChI is InChI=1S/C9H17NO3S/c1-2-3-4-5-6-8(14(12)13)7-9(10)11/h2-7H2,1H3,(H2,10,11). The number of hydrogen-bond donors (Lipinski definition) is 1. The fourth-order valence-electron chi connectivity index (χ4n) is 1.17. The van der Waals surface area contributed by atoms with E-state index in [-0.39, 0.29) is 11.3 Å². The van der Waals surface area contributed by atoms with Crippen LogP contribution in [0.1, 0.15) is 45.4 Å². The van der Waals surface area contributed by atoms with Crippen LogP contribution in [-0.2, 0) is 15.1 Å². The predicted octanol–water partition coefficient (Wildman–Crippen LogP) is 0.884. The first-order valence-electron chi connectivity index (χ1n) is 4.80. The van der Waals surface area contributed by atoms with Gasteiger partial charge in [-0.3, -0.25) is 4.79 Å². The van der Waals surface area contributed by atoms with Crippen molar-refractivity contribution < 1.29 is 13.2 Å². The maximum Gasteiger partial charge on any atom is 0.222 e. The molecule has 0 atom stereocenters. The number of amides is 1. The maximum absolute atomic E-state index is 10.7. The molecule has 0 spiro atoms. The molecule has 2 N–H and O–H groups in total. The lowest BCUT2D eigenvalue weighted by Gasteiger charge is -1.99. The summed E-state index contributed by atoms with van der Waals surface area (Å²) < 4.78 is 21.3. The van der Waals surface area contributed by atoms with Crippen molar-refractivity contribution in [3.8, 4) is 0 Å². The number of carbonyl (C=O) groups is 1. The fourth-order valence-corrected chi connectivity index (χ4v) is 1.75. The van der Waals surface area contributed by atoms with Gasteiger partial charge in [-0.25, -0.2) is 0 Å². The van der Waals surface area contributed by atoms with Gasteiger partial charge in [0.2, 0.25) is 16.2 Å². The average Bonchev–Trinajstić information content (AvgIpc) is 2.09. The van der Waals surface area contributed by atoms with Crippen LogP contribution >= 0.6 is 0 Å². The molecule has 0 bridgehead atoms. The first-order chi connectivity index (χ1) is 6.57. The van der Waals surface area contributed by atoms with Crippen LogP contribution in [0, 0.1) is 0 Å². The molecule has 0 aromatic carbocycles. The SMILES string of the molecule is CCCCCCC(CC(N)=O)=S(=O)=O. The molecule has 0 aliphatic heterocycles. The molecule has 0 heterocycles. The minimum atomic E-state index is -2.26. The van der Waals surface area contributed by atoms with E-state index in [2.05, 4.69) is 6.92 Å². The van der Waals surface area contributed by atoms with E-state index >= 15 is 0 Å². The minimum Gasteiger partial charge on any atom is -0.369 e. The van der Waals surface area contributed by atoms with Crippen molar-refractivity contribution in [2.24, 2.45) is 5.73 Å². The number of carbonyl (C=O) groups excluding carboxylic acids is 1. The lowest BCUT2D eigenvalue weighted by molar-refractivity contribution is -0.116. The smallest absolute Gasteiger partial charge is 0.222 e. The largest absolute Gasteiger partial charge is 0.369 e. The van der Waals surface area contributed by atoms with Crippen LogP contribution in [0.5, 0.6) is 0 Å². The molecule has 82 valence electrons. The molecule has 0 rings (SSSR count). The van der Waals surface area contributed by atoms with Crippen molar-refractivity contribution in [2.75, 3.05) is 0 Å². The zero-order valence-corrected chi connectivity index (χ0v) is 9.27. The molecular weight excluding hydrogens is 202 g/mol. The molecular formula is C9H17NO3S. The van der Waals surface area contributed by atoms with Gasteiger partial charge in [-0.15, -0.1) is 0 Å². The Hall–Kier alpha value is -0.840. The first kappa shape index (κ1) is 13.2. The quantitative estimate of drug-likeness (QED) is 0.510. The highest BCUT2D eigenvalue weighted by atomic mass is 32.2. The second-order valence-electron chi connectivity index (χ2n) is 3.23. The summed E-state index contributed by atoms with van der Waals surface area (Å²) in [5.74, 6) is -0.584. The van der Waals surface area contributed by atoms with Crippen LogP contribution in [0.2, 0.25) is 0 Å². The van der Waals surface area contributed by atoms with E-state index in [9.17, 15) is 13.2 Å². The van der Waals surface area contributed by atoms with Gasteiger partial charge in [0, 0.05) is 0 Å². The normalized spacial score (nSPS) is 9.79. The molecule has 0 saturated heterocycles. The van der Waals surface area contributed by atoms with E-state index in [1.165, 1.54) is 0 Å². The zero-order chi connectivity index (χ0) is 11.0. The van der Waals surface area contributed by atoms with Gasteiger partial charge < -0.3 is 5.73 Å². The van der Waals surface area contributed by atoms with Gasteiger partial charge in [0.05, 0.1) is 11.3 Å². The van der Waals surface area contributed by atoms with Crippen LogP contribution < -0.4 is 5.73 Å². The zero-order valence-electron chi connectivity index (χ0n) is 8.45. The van der Waals surface area contributed by atoms with Crippen LogP contribution in [0.4, 0.5) is 0 Å². The number of hydrogen-bond acceptors (Lipinski definition) is 3. The second-order valence-corrected chi connectivity index (χ2v) is 4.27. The molecule has 0 unspecified atom stereocenters. The van der Waals surface area contributed by atoms with Crippen LogP contribution in [0.3, 0.4) is 0 Å². The molecule has 0 radical (unpaired) electrons. The molecule has 0 aromatic rings. The fraction of sp³-hybridized carbons (Fsp3) is 0.778. The highest BCUT2D eigenvalue weighted by molar-refractivity contribution is 7.73. The van der Waals surface area contributed by atoms with Crippen molar-refractivity contribution >= 4 is 21.1 Å². The van der Waals surface area contributed by atoms with Gasteiger partial charge in [0.25, 0.3) is 0 Å². The minimum absolute atomic E-state index is 0.137. The van der Waals surface area contributed by atoms with Crippen molar-refractivity contribution in [2.45, 2.75) is 45.4 Å². The summed E-state index contributed by atoms with van der Waals surface area (Å²) >= 11 is 0. The van der Waals surface area contributed by atoms with Gasteiger partial charge >= 0.3 is 0 Å². The summed E-state index contributed by atoms with van der Waals surface area (Å²) in [4.78, 5) is 10.8. The van der Waals surface area contributed by atoms with E-state index in [1.54, 1.807) is 0 Å². The Balaban J connectivity index is 4.02. The van der Waals surface area contributed by atoms with Crippen LogP contribution in [0.25, 0.3) is 0 Å². The first-order valence-corrected chi connectivity index (χ1v) is 5.87. The van der Waals surface area contributed by atoms with Crippen molar-refractivity contribution in [1.29, 1.82) is 0 Å². The molecule has 0 aliphatic carbocycles. The Morgan fingerprint density at radius 3 is 2.29 bits per heavy atom. The topological polar surface area (TPSA) is 77.2 Å². The van der Waals surface area contributed by atoms with E-state index in [0.29, 0.717) is 6.42 Å². The summed E-state index contributed by atoms with van der Waals surface area (Å²) in [7, 11) is -2.26. The van der Waals surface area contributed by atoms with Gasteiger partial charge in [-0.05, 0) is 12.8 Å². The highest BCUT2D eigenvalue weighted by Crippen LogP contribution is 2.04.